The van der Waals surface area contributed by atoms with Crippen LogP contribution in [0, 0.1) is 0 Å². The summed E-state index contributed by atoms with van der Waals surface area (Å²) in [6.45, 7) is -0.252. The lowest BCUT2D eigenvalue weighted by Crippen LogP contribution is -2.72. The monoisotopic (exact) mass is 2090 g/mol. The molecule has 4 amide bonds. The van der Waals surface area contributed by atoms with Crippen molar-refractivity contribution in [1.82, 2.24) is 21.3 Å². The van der Waals surface area contributed by atoms with Gasteiger partial charge in [0, 0.05) is 33.6 Å². The average Bonchev–Trinajstić information content (AvgIpc) is 0.744. The highest BCUT2D eigenvalue weighted by atomic mass is 16.8. The fraction of sp³-hybridized carbons (Fsp3) is 0.926. The minimum atomic E-state index is -3.39. The second-order valence-electron chi connectivity index (χ2n) is 39.2. The first-order valence-corrected chi connectivity index (χ1v) is 51.5. The van der Waals surface area contributed by atoms with Crippen molar-refractivity contribution in [1.29, 1.82) is 0 Å². The number of unbranched alkanes of at least 4 members (excludes halogenated alkanes) is 27. The van der Waals surface area contributed by atoms with E-state index >= 15 is 0 Å². The van der Waals surface area contributed by atoms with Gasteiger partial charge in [-0.3, -0.25) is 19.2 Å². The van der Waals surface area contributed by atoms with E-state index in [0.29, 0.717) is 12.8 Å². The third kappa shape index (κ3) is 35.6. The summed E-state index contributed by atoms with van der Waals surface area (Å²) in [6, 6.07) is -7.07. The third-order valence-electron chi connectivity index (χ3n) is 27.8. The maximum atomic E-state index is 14.0. The van der Waals surface area contributed by atoms with Crippen molar-refractivity contribution in [3.05, 3.63) is 12.2 Å². The smallest absolute Gasteiger partial charge is 0.364 e. The van der Waals surface area contributed by atoms with Crippen LogP contribution >= 0.6 is 0 Å². The summed E-state index contributed by atoms with van der Waals surface area (Å²) in [7, 11) is 0. The van der Waals surface area contributed by atoms with E-state index in [4.69, 9.17) is 75.8 Å². The molecule has 0 radical (unpaired) electrons. The van der Waals surface area contributed by atoms with E-state index in [1.165, 1.54) is 122 Å². The van der Waals surface area contributed by atoms with Gasteiger partial charge in [0.2, 0.25) is 23.6 Å². The van der Waals surface area contributed by atoms with Crippen LogP contribution in [-0.2, 0) is 99.8 Å². The Kier molecular flexibility index (Phi) is 54.8. The van der Waals surface area contributed by atoms with Gasteiger partial charge in [0.15, 0.2) is 44.0 Å². The summed E-state index contributed by atoms with van der Waals surface area (Å²) in [5.41, 5.74) is 0. The number of nitrogens with one attached hydrogen (secondary N) is 4. The summed E-state index contributed by atoms with van der Waals surface area (Å²) < 4.78 is 97.6. The molecule has 8 heterocycles. The predicted molar refractivity (Wildman–Crippen MR) is 496 cm³/mol. The Morgan fingerprint density at radius 2 is 0.778 bits per heavy atom. The number of amides is 4. The lowest BCUT2D eigenvalue weighted by atomic mass is 9.88. The quantitative estimate of drug-likeness (QED) is 0.0199. The van der Waals surface area contributed by atoms with E-state index in [2.05, 4.69) is 35.1 Å². The summed E-state index contributed by atoms with van der Waals surface area (Å²) >= 11 is 0. The van der Waals surface area contributed by atoms with Crippen molar-refractivity contribution in [2.24, 2.45) is 0 Å². The molecule has 8 saturated heterocycles. The Labute approximate surface area is 838 Å². The van der Waals surface area contributed by atoms with Crippen molar-refractivity contribution < 1.29 is 222 Å². The van der Waals surface area contributed by atoms with E-state index in [1.54, 1.807) is 6.08 Å². The van der Waals surface area contributed by atoms with Crippen LogP contribution in [0.4, 0.5) is 0 Å². The number of ether oxygens (including phenoxy) is 16. The van der Waals surface area contributed by atoms with Crippen LogP contribution in [0.15, 0.2) is 12.2 Å². The number of rotatable bonds is 63. The first-order chi connectivity index (χ1) is 68.8. The Hall–Kier alpha value is -4.47. The van der Waals surface area contributed by atoms with Crippen LogP contribution in [0.25, 0.3) is 0 Å². The molecule has 8 fully saturated rings. The van der Waals surface area contributed by atoms with Gasteiger partial charge in [-0.2, -0.15) is 0 Å². The van der Waals surface area contributed by atoms with Crippen LogP contribution in [0.2, 0.25) is 0 Å². The molecule has 49 heteroatoms. The molecular weight excluding hydrogens is 1920 g/mol. The van der Waals surface area contributed by atoms with Crippen LogP contribution in [0.5, 0.6) is 0 Å². The summed E-state index contributed by atoms with van der Waals surface area (Å²) in [4.78, 5) is 67.1. The Morgan fingerprint density at radius 3 is 1.28 bits per heavy atom. The standard InChI is InChI=1S/C95H168N4O45/c1-7-9-11-13-15-17-19-21-22-23-24-26-28-30-32-34-36-38-62(112)99-52(53(109)37-35-33-31-29-27-25-20-18-16-14-12-10-8-2)46-129-89-77(124)74(121)81(59(44-104)136-89)139-92-78(125)85(70(117)61(137-92)47-130-87-64(97-50(5)107)71(118)80(58(43-103)134-87)138-91-76(123)73(120)68(115)56(41-101)132-91)142-88-65(98-51(6)108)84(82(60(45-105)135-88)140-90-75(122)72(119)66(113)48(3)131-90)141-93-79(126)86(69(116)57(42-102)133-93)144-95(94(127)128)39-54(110)63(96-49(4)106)83(143-95)67(114)55(111)40-100/h35,37,48,52-61,63-93,100-105,109-111,113-126H,7-34,36,38-47H2,1-6H3,(H,96,106)(H,97,107)(H,98,108)(H,99,112)(H,127,128)/b37-35+/t48?,52-,53+,54?,55+,56?,57?,58?,59?,60?,61?,63+,64?,65?,66+,67+,68-,69-,70-,71+,72?,73-,74+,75-,76?,77?,78?,79?,80+,81+,82+,83?,84+,85-,86-,87+,88-,89+,90+,91-,92-,93-,95-/m0/s1. The van der Waals surface area contributed by atoms with Gasteiger partial charge in [0.05, 0.1) is 83.3 Å². The minimum absolute atomic E-state index is 0.0806. The molecule has 144 heavy (non-hydrogen) atoms. The molecule has 8 aliphatic heterocycles. The first kappa shape index (κ1) is 125. The number of aliphatic hydroxyl groups is 23. The number of aliphatic hydroxyl groups excluding tert-OH is 23. The van der Waals surface area contributed by atoms with Gasteiger partial charge in [0.1, 0.15) is 183 Å². The Balaban J connectivity index is 1.10. The molecular formula is C95H168N4O45. The Morgan fingerprint density at radius 1 is 0.382 bits per heavy atom. The molecule has 838 valence electrons. The molecule has 16 unspecified atom stereocenters. The molecule has 0 aromatic heterocycles. The molecule has 0 aliphatic carbocycles. The van der Waals surface area contributed by atoms with Gasteiger partial charge in [0.25, 0.3) is 5.79 Å². The summed E-state index contributed by atoms with van der Waals surface area (Å²) in [5, 5.41) is 283. The van der Waals surface area contributed by atoms with Gasteiger partial charge in [-0.1, -0.05) is 193 Å². The zero-order valence-corrected chi connectivity index (χ0v) is 83.3. The van der Waals surface area contributed by atoms with Crippen molar-refractivity contribution in [2.75, 3.05) is 52.9 Å². The van der Waals surface area contributed by atoms with Crippen molar-refractivity contribution in [3.8, 4) is 0 Å². The first-order valence-electron chi connectivity index (χ1n) is 51.5. The molecule has 43 atom stereocenters. The van der Waals surface area contributed by atoms with Crippen molar-refractivity contribution in [2.45, 2.75) is 504 Å². The number of carbonyl (C=O) groups is 5. The van der Waals surface area contributed by atoms with Gasteiger partial charge in [-0.15, -0.1) is 0 Å². The lowest BCUT2D eigenvalue weighted by Gasteiger charge is -2.52. The van der Waals surface area contributed by atoms with E-state index < -0.39 is 352 Å². The van der Waals surface area contributed by atoms with Crippen molar-refractivity contribution >= 4 is 29.6 Å². The zero-order chi connectivity index (χ0) is 106. The molecule has 0 saturated carbocycles. The van der Waals surface area contributed by atoms with Crippen LogP contribution in [0.1, 0.15) is 241 Å². The molecule has 0 spiro atoms. The molecule has 28 N–H and O–H groups in total. The van der Waals surface area contributed by atoms with E-state index in [0.717, 1.165) is 85.0 Å². The molecule has 0 aromatic rings. The predicted octanol–water partition coefficient (Wildman–Crippen LogP) is -5.62. The molecule has 49 nitrogen and oxygen atoms in total. The fourth-order valence-electron chi connectivity index (χ4n) is 19.4. The second kappa shape index (κ2) is 63.3. The number of allylic oxidation sites excluding steroid dienone is 1. The SMILES string of the molecule is CCCCCCCCCCCCC/C=C/[C@@H](O)[C@H](CO[C@@H]1OC(CO)[C@@H](O[C@@H]2OC(CO[C@@H]3OC(CO)[C@@H](O[C@@H]4OC(CO)[C@H](O)[C@H](O)C4O)[C@H](O)C3NC(C)=O)[C@H](O)[C@H](O[C@@H]3OC(CO)[C@@H](O[C@H]4OC(C)[C@@H](O)C(O)[C@@H]4O)[C@H](O[C@@H]4OC(CO)[C@H](O)[C@H](O[C@]5(C(=O)O)CC(O)[C@@H](NC(C)=O)C([C@H](O)[C@H](O)CO)O5)C4O)C3NC(C)=O)C2O)[C@H](O)C1O)NC(=O)CCCCCCCCCCCCCCCCCCC. The van der Waals surface area contributed by atoms with Crippen LogP contribution in [0.3, 0.4) is 0 Å². The molecule has 8 aliphatic rings. The number of aliphatic carboxylic acids is 1. The third-order valence-corrected chi connectivity index (χ3v) is 27.8. The number of carbonyl (C=O) groups excluding carboxylic acids is 4. The topological polar surface area (TPSA) is 767 Å². The lowest BCUT2D eigenvalue weighted by molar-refractivity contribution is -0.400. The maximum Gasteiger partial charge on any atom is 0.364 e. The maximum absolute atomic E-state index is 14.0. The van der Waals surface area contributed by atoms with Gasteiger partial charge in [-0.25, -0.2) is 4.79 Å². The number of hydrogen-bond donors (Lipinski definition) is 28. The van der Waals surface area contributed by atoms with Crippen molar-refractivity contribution in [3.63, 3.8) is 0 Å². The minimum Gasteiger partial charge on any atom is -0.477 e. The van der Waals surface area contributed by atoms with Gasteiger partial charge in [-0.05, 0) is 26.2 Å². The van der Waals surface area contributed by atoms with Crippen LogP contribution < -0.4 is 21.3 Å². The number of hydrogen-bond acceptors (Lipinski definition) is 44. The van der Waals surface area contributed by atoms with E-state index in [9.17, 15) is 147 Å². The second-order valence-corrected chi connectivity index (χ2v) is 39.2. The summed E-state index contributed by atoms with van der Waals surface area (Å²) in [5.74, 6) is -8.90. The zero-order valence-electron chi connectivity index (χ0n) is 83.3. The van der Waals surface area contributed by atoms with Crippen LogP contribution in [-0.4, -0.2) is 468 Å². The largest absolute Gasteiger partial charge is 0.477 e. The molecule has 0 aromatic carbocycles. The summed E-state index contributed by atoms with van der Waals surface area (Å²) in [6.07, 6.45) is -46.8. The number of carboxylic acids is 1. The average molecular weight is 2090 g/mol. The fourth-order valence-corrected chi connectivity index (χ4v) is 19.4. The normalized spacial score (nSPS) is 38.4. The highest BCUT2D eigenvalue weighted by molar-refractivity contribution is 5.77. The van der Waals surface area contributed by atoms with Gasteiger partial charge >= 0.3 is 5.97 Å². The Bertz CT molecular complexity index is 3660. The van der Waals surface area contributed by atoms with E-state index in [1.807, 2.05) is 0 Å². The number of carboxylic acid groups (broad SMARTS) is 1. The van der Waals surface area contributed by atoms with E-state index in [-0.39, 0.29) is 6.42 Å². The highest BCUT2D eigenvalue weighted by Gasteiger charge is 2.63. The highest BCUT2D eigenvalue weighted by Crippen LogP contribution is 2.43. The molecule has 8 rings (SSSR count). The van der Waals surface area contributed by atoms with Gasteiger partial charge < -0.3 is 220 Å². The molecule has 0 bridgehead atoms.